The van der Waals surface area contributed by atoms with Crippen molar-refractivity contribution in [2.24, 2.45) is 4.99 Å². The number of nitrogens with zero attached hydrogens (tertiary/aromatic N) is 3. The molecule has 5 rings (SSSR count). The molecule has 4 aromatic rings. The molecule has 7 nitrogen and oxygen atoms in total. The summed E-state index contributed by atoms with van der Waals surface area (Å²) in [6, 6.07) is 18.1. The van der Waals surface area contributed by atoms with Crippen LogP contribution in [0.2, 0.25) is 5.02 Å². The first kappa shape index (κ1) is 25.8. The number of halogens is 1. The Kier molecular flexibility index (Phi) is 7.10. The lowest BCUT2D eigenvalue weighted by atomic mass is 9.95. The van der Waals surface area contributed by atoms with Gasteiger partial charge in [0.05, 0.1) is 28.5 Å². The SMILES string of the molecule is CCOC(=O)C1=C(C)N=c2s/c(=C\c3ccc(-c4cccc(Cl)c4)o3)c(=O)n2[C@@H]1c1ccc(N(C)C)cc1. The first-order valence-electron chi connectivity index (χ1n) is 12.1. The second-order valence-corrected chi connectivity index (χ2v) is 10.4. The molecule has 38 heavy (non-hydrogen) atoms. The van der Waals surface area contributed by atoms with Crippen LogP contribution in [-0.4, -0.2) is 31.2 Å². The van der Waals surface area contributed by atoms with Gasteiger partial charge in [-0.15, -0.1) is 0 Å². The van der Waals surface area contributed by atoms with Crippen molar-refractivity contribution >= 4 is 40.7 Å². The van der Waals surface area contributed by atoms with Crippen molar-refractivity contribution in [2.45, 2.75) is 19.9 Å². The van der Waals surface area contributed by atoms with Gasteiger partial charge in [0, 0.05) is 36.4 Å². The lowest BCUT2D eigenvalue weighted by Gasteiger charge is -2.25. The van der Waals surface area contributed by atoms with Gasteiger partial charge in [0.2, 0.25) is 0 Å². The van der Waals surface area contributed by atoms with Crippen molar-refractivity contribution in [2.75, 3.05) is 25.6 Å². The zero-order chi connectivity index (χ0) is 27.0. The highest BCUT2D eigenvalue weighted by Gasteiger charge is 2.33. The first-order chi connectivity index (χ1) is 18.3. The number of anilines is 1. The third-order valence-corrected chi connectivity index (χ3v) is 7.47. The van der Waals surface area contributed by atoms with Crippen molar-refractivity contribution in [3.63, 3.8) is 0 Å². The fraction of sp³-hybridized carbons (Fsp3) is 0.207. The number of thiazole rings is 1. The third kappa shape index (κ3) is 4.85. The standard InChI is InChI=1S/C29H26ClN3O4S/c1-5-36-28(35)25-17(2)31-29-33(26(25)18-9-11-21(12-10-18)32(3)4)27(34)24(38-29)16-22-13-14-23(37-22)19-7-6-8-20(30)15-19/h6-16,26H,5H2,1-4H3/b24-16-/t26-/m1/s1. The Morgan fingerprint density at radius 1 is 1.18 bits per heavy atom. The van der Waals surface area contributed by atoms with E-state index in [1.165, 1.54) is 11.3 Å². The number of furan rings is 1. The highest BCUT2D eigenvalue weighted by atomic mass is 35.5. The van der Waals surface area contributed by atoms with Gasteiger partial charge in [-0.2, -0.15) is 0 Å². The number of ether oxygens (including phenoxy) is 1. The largest absolute Gasteiger partial charge is 0.463 e. The van der Waals surface area contributed by atoms with E-state index in [4.69, 9.17) is 20.8 Å². The summed E-state index contributed by atoms with van der Waals surface area (Å²) >= 11 is 7.38. The van der Waals surface area contributed by atoms with Gasteiger partial charge in [0.15, 0.2) is 4.80 Å². The molecule has 0 aliphatic carbocycles. The van der Waals surface area contributed by atoms with E-state index in [0.29, 0.717) is 37.1 Å². The second-order valence-electron chi connectivity index (χ2n) is 9.00. The summed E-state index contributed by atoms with van der Waals surface area (Å²) < 4.78 is 13.4. The second kappa shape index (κ2) is 10.5. The minimum absolute atomic E-state index is 0.222. The molecule has 0 saturated carbocycles. The molecule has 0 saturated heterocycles. The van der Waals surface area contributed by atoms with Crippen LogP contribution in [0, 0.1) is 0 Å². The van der Waals surface area contributed by atoms with E-state index in [0.717, 1.165) is 16.8 Å². The van der Waals surface area contributed by atoms with Crippen LogP contribution in [0.1, 0.15) is 31.2 Å². The topological polar surface area (TPSA) is 77.0 Å². The molecule has 194 valence electrons. The molecule has 0 spiro atoms. The molecular formula is C29H26ClN3O4S. The molecule has 1 aliphatic heterocycles. The normalized spacial score (nSPS) is 15.3. The summed E-state index contributed by atoms with van der Waals surface area (Å²) in [6.45, 7) is 3.75. The maximum Gasteiger partial charge on any atom is 0.338 e. The summed E-state index contributed by atoms with van der Waals surface area (Å²) in [5, 5.41) is 0.611. The minimum atomic E-state index is -0.665. The molecule has 0 N–H and O–H groups in total. The van der Waals surface area contributed by atoms with Gasteiger partial charge in [0.1, 0.15) is 11.5 Å². The molecule has 3 heterocycles. The molecule has 0 bridgehead atoms. The predicted octanol–water partition coefficient (Wildman–Crippen LogP) is 4.78. The van der Waals surface area contributed by atoms with E-state index in [9.17, 15) is 9.59 Å². The number of hydrogen-bond donors (Lipinski definition) is 0. The van der Waals surface area contributed by atoms with Gasteiger partial charge in [-0.1, -0.05) is 47.2 Å². The summed E-state index contributed by atoms with van der Waals surface area (Å²) in [5.74, 6) is 0.686. The lowest BCUT2D eigenvalue weighted by molar-refractivity contribution is -0.139. The summed E-state index contributed by atoms with van der Waals surface area (Å²) in [6.07, 6.45) is 1.70. The molecule has 0 unspecified atom stereocenters. The van der Waals surface area contributed by atoms with E-state index >= 15 is 0 Å². The number of carbonyl (C=O) groups excluding carboxylic acids is 1. The quantitative estimate of drug-likeness (QED) is 0.325. The van der Waals surface area contributed by atoms with Gasteiger partial charge in [-0.3, -0.25) is 9.36 Å². The average molecular weight is 548 g/mol. The van der Waals surface area contributed by atoms with Gasteiger partial charge in [-0.05, 0) is 55.8 Å². The maximum atomic E-state index is 13.8. The number of rotatable bonds is 6. The minimum Gasteiger partial charge on any atom is -0.463 e. The number of fused-ring (bicyclic) bond motifs is 1. The molecule has 1 atom stereocenters. The number of hydrogen-bond acceptors (Lipinski definition) is 7. The zero-order valence-electron chi connectivity index (χ0n) is 21.4. The van der Waals surface area contributed by atoms with Crippen LogP contribution in [0.4, 0.5) is 5.69 Å². The predicted molar refractivity (Wildman–Crippen MR) is 150 cm³/mol. The molecule has 2 aromatic carbocycles. The van der Waals surface area contributed by atoms with Gasteiger partial charge >= 0.3 is 5.97 Å². The fourth-order valence-electron chi connectivity index (χ4n) is 4.42. The van der Waals surface area contributed by atoms with Crippen molar-refractivity contribution in [1.29, 1.82) is 0 Å². The van der Waals surface area contributed by atoms with Crippen molar-refractivity contribution in [3.05, 3.63) is 108 Å². The molecule has 0 fully saturated rings. The van der Waals surface area contributed by atoms with Crippen LogP contribution in [0.3, 0.4) is 0 Å². The van der Waals surface area contributed by atoms with E-state index in [1.54, 1.807) is 36.6 Å². The van der Waals surface area contributed by atoms with Crippen LogP contribution in [0.15, 0.2) is 86.1 Å². The summed E-state index contributed by atoms with van der Waals surface area (Å²) in [4.78, 5) is 33.9. The zero-order valence-corrected chi connectivity index (χ0v) is 23.0. The lowest BCUT2D eigenvalue weighted by Crippen LogP contribution is -2.39. The molecule has 1 aliphatic rings. The first-order valence-corrected chi connectivity index (χ1v) is 13.3. The molecule has 2 aromatic heterocycles. The monoisotopic (exact) mass is 547 g/mol. The molecule has 9 heteroatoms. The Bertz CT molecular complexity index is 1730. The molecule has 0 radical (unpaired) electrons. The van der Waals surface area contributed by atoms with Crippen molar-refractivity contribution in [1.82, 2.24) is 4.57 Å². The average Bonchev–Trinajstić information content (AvgIpc) is 3.48. The van der Waals surface area contributed by atoms with Crippen LogP contribution < -0.4 is 19.8 Å². The Hall–Kier alpha value is -3.88. The number of aromatic nitrogens is 1. The fourth-order valence-corrected chi connectivity index (χ4v) is 5.64. The Labute approximate surface area is 228 Å². The van der Waals surface area contributed by atoms with Gasteiger partial charge in [0.25, 0.3) is 5.56 Å². The van der Waals surface area contributed by atoms with E-state index in [-0.39, 0.29) is 12.2 Å². The van der Waals surface area contributed by atoms with E-state index in [2.05, 4.69) is 4.99 Å². The Balaban J connectivity index is 1.63. The Morgan fingerprint density at radius 2 is 1.95 bits per heavy atom. The Morgan fingerprint density at radius 3 is 2.63 bits per heavy atom. The number of allylic oxidation sites excluding steroid dienone is 1. The van der Waals surface area contributed by atoms with Gasteiger partial charge < -0.3 is 14.1 Å². The van der Waals surface area contributed by atoms with E-state index in [1.807, 2.05) is 67.5 Å². The van der Waals surface area contributed by atoms with Crippen LogP contribution in [0.5, 0.6) is 0 Å². The maximum absolute atomic E-state index is 13.8. The summed E-state index contributed by atoms with van der Waals surface area (Å²) in [5.41, 5.74) is 3.26. The highest BCUT2D eigenvalue weighted by Crippen LogP contribution is 2.32. The smallest absolute Gasteiger partial charge is 0.338 e. The van der Waals surface area contributed by atoms with Crippen LogP contribution in [-0.2, 0) is 9.53 Å². The third-order valence-electron chi connectivity index (χ3n) is 6.25. The van der Waals surface area contributed by atoms with Crippen molar-refractivity contribution < 1.29 is 13.9 Å². The van der Waals surface area contributed by atoms with Gasteiger partial charge in [-0.25, -0.2) is 9.79 Å². The highest BCUT2D eigenvalue weighted by molar-refractivity contribution is 7.07. The number of benzene rings is 2. The number of esters is 1. The number of carbonyl (C=O) groups is 1. The summed E-state index contributed by atoms with van der Waals surface area (Å²) in [7, 11) is 3.91. The van der Waals surface area contributed by atoms with Crippen LogP contribution >= 0.6 is 22.9 Å². The van der Waals surface area contributed by atoms with Crippen LogP contribution in [0.25, 0.3) is 17.4 Å². The molecule has 0 amide bonds. The molecular weight excluding hydrogens is 522 g/mol. The van der Waals surface area contributed by atoms with Crippen molar-refractivity contribution in [3.8, 4) is 11.3 Å². The van der Waals surface area contributed by atoms with E-state index < -0.39 is 12.0 Å².